The largest absolute Gasteiger partial charge is 0.437 e. The van der Waals surface area contributed by atoms with E-state index in [1.807, 2.05) is 4.90 Å². The topological polar surface area (TPSA) is 49.6 Å². The average molecular weight is 291 g/mol. The van der Waals surface area contributed by atoms with Crippen LogP contribution in [0.15, 0.2) is 4.42 Å². The number of carbonyl (C=O) groups excluding carboxylic acids is 1. The zero-order chi connectivity index (χ0) is 15.0. The maximum Gasteiger partial charge on any atom is 0.309 e. The predicted molar refractivity (Wildman–Crippen MR) is 80.0 cm³/mol. The number of oxazole rings is 1. The summed E-state index contributed by atoms with van der Waals surface area (Å²) in [5.41, 5.74) is 0.949. The molecule has 5 nitrogen and oxygen atoms in total. The van der Waals surface area contributed by atoms with Gasteiger partial charge in [-0.3, -0.25) is 9.69 Å². The maximum absolute atomic E-state index is 12.6. The number of piperidine rings is 1. The van der Waals surface area contributed by atoms with Crippen LogP contribution in [0.4, 0.5) is 0 Å². The quantitative estimate of drug-likeness (QED) is 0.838. The Morgan fingerprint density at radius 3 is 2.71 bits per heavy atom. The molecule has 2 aliphatic heterocycles. The summed E-state index contributed by atoms with van der Waals surface area (Å²) >= 11 is 0. The third-order valence-electron chi connectivity index (χ3n) is 4.59. The zero-order valence-corrected chi connectivity index (χ0v) is 13.3. The Balaban J connectivity index is 1.75. The highest BCUT2D eigenvalue weighted by molar-refractivity contribution is 5.89. The molecule has 3 rings (SSSR count). The van der Waals surface area contributed by atoms with E-state index in [0.29, 0.717) is 17.7 Å². The van der Waals surface area contributed by atoms with Crippen LogP contribution in [-0.4, -0.2) is 46.9 Å². The fraction of sp³-hybridized carbons (Fsp3) is 0.750. The minimum Gasteiger partial charge on any atom is -0.437 e. The van der Waals surface area contributed by atoms with Crippen LogP contribution in [0.5, 0.6) is 0 Å². The number of likely N-dealkylation sites (tertiary alicyclic amines) is 1. The number of rotatable bonds is 2. The number of fused-ring (bicyclic) bond motifs is 1. The first-order valence-corrected chi connectivity index (χ1v) is 8.07. The Bertz CT molecular complexity index is 516. The van der Waals surface area contributed by atoms with Gasteiger partial charge in [0.05, 0.1) is 5.69 Å². The van der Waals surface area contributed by atoms with E-state index < -0.39 is 0 Å². The van der Waals surface area contributed by atoms with Crippen LogP contribution >= 0.6 is 0 Å². The third-order valence-corrected chi connectivity index (χ3v) is 4.59. The van der Waals surface area contributed by atoms with E-state index in [1.165, 1.54) is 6.42 Å². The van der Waals surface area contributed by atoms with E-state index in [4.69, 9.17) is 4.42 Å². The summed E-state index contributed by atoms with van der Waals surface area (Å²) in [6, 6.07) is 0. The Kier molecular flexibility index (Phi) is 4.02. The Labute approximate surface area is 126 Å². The number of carbonyl (C=O) groups is 1. The molecule has 2 aliphatic rings. The van der Waals surface area contributed by atoms with Gasteiger partial charge in [0.15, 0.2) is 0 Å². The predicted octanol–water partition coefficient (Wildman–Crippen LogP) is 2.17. The van der Waals surface area contributed by atoms with Gasteiger partial charge in [-0.05, 0) is 24.8 Å². The van der Waals surface area contributed by atoms with Gasteiger partial charge in [0, 0.05) is 32.6 Å². The molecule has 1 aromatic heterocycles. The number of likely N-dealkylation sites (N-methyl/N-ethyl adjacent to an activating group) is 1. The minimum absolute atomic E-state index is 0.0363. The molecule has 21 heavy (non-hydrogen) atoms. The number of aromatic nitrogens is 1. The Morgan fingerprint density at radius 1 is 1.33 bits per heavy atom. The standard InChI is InChI=1S/C16H25N3O2/c1-4-18-6-5-14-13(10-18)17-15(21-14)16(20)19-8-11(2)7-12(3)9-19/h11-12H,4-10H2,1-3H3/t11-,12-/m0/s1. The summed E-state index contributed by atoms with van der Waals surface area (Å²) in [5.74, 6) is 2.27. The van der Waals surface area contributed by atoms with Crippen molar-refractivity contribution in [2.24, 2.45) is 11.8 Å². The number of amides is 1. The summed E-state index contributed by atoms with van der Waals surface area (Å²) < 4.78 is 5.76. The monoisotopic (exact) mass is 291 g/mol. The van der Waals surface area contributed by atoms with Gasteiger partial charge in [0.25, 0.3) is 5.89 Å². The minimum atomic E-state index is -0.0363. The number of hydrogen-bond acceptors (Lipinski definition) is 4. The van der Waals surface area contributed by atoms with E-state index in [-0.39, 0.29) is 5.91 Å². The average Bonchev–Trinajstić information content (AvgIpc) is 2.88. The van der Waals surface area contributed by atoms with Crippen LogP contribution in [0, 0.1) is 11.8 Å². The summed E-state index contributed by atoms with van der Waals surface area (Å²) in [4.78, 5) is 21.3. The molecule has 1 amide bonds. The summed E-state index contributed by atoms with van der Waals surface area (Å²) in [6.07, 6.45) is 2.05. The molecule has 1 aromatic rings. The first-order chi connectivity index (χ1) is 10.1. The van der Waals surface area contributed by atoms with Crippen molar-refractivity contribution in [2.75, 3.05) is 26.2 Å². The molecule has 1 fully saturated rings. The fourth-order valence-corrected chi connectivity index (χ4v) is 3.58. The summed E-state index contributed by atoms with van der Waals surface area (Å²) in [5, 5.41) is 0. The maximum atomic E-state index is 12.6. The van der Waals surface area contributed by atoms with Crippen LogP contribution in [0.3, 0.4) is 0 Å². The highest BCUT2D eigenvalue weighted by Gasteiger charge is 2.30. The van der Waals surface area contributed by atoms with Crippen LogP contribution < -0.4 is 0 Å². The van der Waals surface area contributed by atoms with E-state index in [9.17, 15) is 4.79 Å². The molecule has 1 saturated heterocycles. The molecule has 0 N–H and O–H groups in total. The third kappa shape index (κ3) is 2.98. The van der Waals surface area contributed by atoms with Crippen molar-refractivity contribution in [1.29, 1.82) is 0 Å². The lowest BCUT2D eigenvalue weighted by Crippen LogP contribution is -2.42. The van der Waals surface area contributed by atoms with Crippen molar-refractivity contribution < 1.29 is 9.21 Å². The van der Waals surface area contributed by atoms with Gasteiger partial charge in [-0.1, -0.05) is 20.8 Å². The van der Waals surface area contributed by atoms with Crippen LogP contribution in [-0.2, 0) is 13.0 Å². The zero-order valence-electron chi connectivity index (χ0n) is 13.3. The molecule has 0 radical (unpaired) electrons. The van der Waals surface area contributed by atoms with Crippen LogP contribution in [0.2, 0.25) is 0 Å². The number of nitrogens with zero attached hydrogens (tertiary/aromatic N) is 3. The van der Waals surface area contributed by atoms with E-state index in [1.54, 1.807) is 0 Å². The van der Waals surface area contributed by atoms with E-state index >= 15 is 0 Å². The van der Waals surface area contributed by atoms with Crippen molar-refractivity contribution in [3.63, 3.8) is 0 Å². The first-order valence-electron chi connectivity index (χ1n) is 8.07. The van der Waals surface area contributed by atoms with Crippen molar-refractivity contribution >= 4 is 5.91 Å². The van der Waals surface area contributed by atoms with Gasteiger partial charge in [0.1, 0.15) is 5.76 Å². The van der Waals surface area contributed by atoms with Crippen molar-refractivity contribution in [2.45, 2.75) is 40.2 Å². The second-order valence-electron chi connectivity index (χ2n) is 6.66. The van der Waals surface area contributed by atoms with Gasteiger partial charge < -0.3 is 9.32 Å². The summed E-state index contributed by atoms with van der Waals surface area (Å²) in [6.45, 7) is 11.0. The highest BCUT2D eigenvalue weighted by Crippen LogP contribution is 2.24. The lowest BCUT2D eigenvalue weighted by atomic mass is 9.92. The molecule has 0 unspecified atom stereocenters. The lowest BCUT2D eigenvalue weighted by Gasteiger charge is -2.34. The molecule has 0 aromatic carbocycles. The molecule has 0 spiro atoms. The van der Waals surface area contributed by atoms with Gasteiger partial charge in [-0.2, -0.15) is 0 Å². The molecular formula is C16H25N3O2. The van der Waals surface area contributed by atoms with Crippen molar-refractivity contribution in [3.05, 3.63) is 17.3 Å². The van der Waals surface area contributed by atoms with Gasteiger partial charge in [-0.25, -0.2) is 4.98 Å². The molecule has 0 bridgehead atoms. The normalized spacial score (nSPS) is 26.7. The Hall–Kier alpha value is -1.36. The van der Waals surface area contributed by atoms with Crippen LogP contribution in [0.25, 0.3) is 0 Å². The molecule has 0 aliphatic carbocycles. The lowest BCUT2D eigenvalue weighted by molar-refractivity contribution is 0.0581. The van der Waals surface area contributed by atoms with E-state index in [0.717, 1.165) is 50.6 Å². The Morgan fingerprint density at radius 2 is 2.05 bits per heavy atom. The molecule has 0 saturated carbocycles. The number of hydrogen-bond donors (Lipinski definition) is 0. The van der Waals surface area contributed by atoms with Crippen LogP contribution in [0.1, 0.15) is 49.3 Å². The first kappa shape index (κ1) is 14.6. The molecular weight excluding hydrogens is 266 g/mol. The summed E-state index contributed by atoms with van der Waals surface area (Å²) in [7, 11) is 0. The van der Waals surface area contributed by atoms with E-state index in [2.05, 4.69) is 30.7 Å². The molecule has 116 valence electrons. The van der Waals surface area contributed by atoms with Crippen molar-refractivity contribution in [1.82, 2.24) is 14.8 Å². The SMILES string of the molecule is CCN1CCc2oc(C(=O)N3C[C@@H](C)C[C@H](C)C3)nc2C1. The molecule has 3 heterocycles. The highest BCUT2D eigenvalue weighted by atomic mass is 16.4. The van der Waals surface area contributed by atoms with Crippen molar-refractivity contribution in [3.8, 4) is 0 Å². The fourth-order valence-electron chi connectivity index (χ4n) is 3.58. The molecule has 2 atom stereocenters. The second kappa shape index (κ2) is 5.79. The smallest absolute Gasteiger partial charge is 0.309 e. The van der Waals surface area contributed by atoms with Gasteiger partial charge in [-0.15, -0.1) is 0 Å². The van der Waals surface area contributed by atoms with Gasteiger partial charge in [0.2, 0.25) is 0 Å². The van der Waals surface area contributed by atoms with Gasteiger partial charge >= 0.3 is 5.91 Å². The second-order valence-corrected chi connectivity index (χ2v) is 6.66. The molecule has 5 heteroatoms.